The highest BCUT2D eigenvalue weighted by atomic mass is 32.2. The fourth-order valence-electron chi connectivity index (χ4n) is 5.95. The van der Waals surface area contributed by atoms with Crippen molar-refractivity contribution in [1.29, 1.82) is 0 Å². The van der Waals surface area contributed by atoms with E-state index in [1.807, 2.05) is 6.92 Å². The van der Waals surface area contributed by atoms with E-state index in [4.69, 9.17) is 4.74 Å². The topological polar surface area (TPSA) is 127 Å². The van der Waals surface area contributed by atoms with Gasteiger partial charge in [0.15, 0.2) is 0 Å². The van der Waals surface area contributed by atoms with E-state index in [1.165, 1.54) is 0 Å². The van der Waals surface area contributed by atoms with Crippen molar-refractivity contribution in [3.63, 3.8) is 0 Å². The van der Waals surface area contributed by atoms with Gasteiger partial charge >= 0.3 is 0 Å². The fraction of sp³-hybridized carbons (Fsp3) is 0.519. The molecule has 1 spiro atoms. The second-order valence-electron chi connectivity index (χ2n) is 11.0. The molecular formula is C27H34N6O4S. The number of aromatic nitrogens is 3. The summed E-state index contributed by atoms with van der Waals surface area (Å²) in [4.78, 5) is 22.0. The van der Waals surface area contributed by atoms with Crippen LogP contribution in [0, 0.1) is 12.3 Å². The summed E-state index contributed by atoms with van der Waals surface area (Å²) in [5.74, 6) is 0.360. The van der Waals surface area contributed by atoms with Crippen LogP contribution in [0.3, 0.4) is 0 Å². The van der Waals surface area contributed by atoms with E-state index in [9.17, 15) is 13.2 Å². The largest absolute Gasteiger partial charge is 0.377 e. The van der Waals surface area contributed by atoms with Crippen molar-refractivity contribution in [1.82, 2.24) is 24.6 Å². The van der Waals surface area contributed by atoms with Gasteiger partial charge in [-0.15, -0.1) is 0 Å². The molecule has 2 saturated carbocycles. The van der Waals surface area contributed by atoms with Crippen molar-refractivity contribution in [3.8, 4) is 0 Å². The molecule has 3 aromatic rings. The summed E-state index contributed by atoms with van der Waals surface area (Å²) >= 11 is 0. The highest BCUT2D eigenvalue weighted by Crippen LogP contribution is 2.45. The molecule has 1 saturated heterocycles. The lowest BCUT2D eigenvalue weighted by atomic mass is 9.63. The van der Waals surface area contributed by atoms with Gasteiger partial charge in [-0.3, -0.25) is 9.36 Å². The van der Waals surface area contributed by atoms with Crippen LogP contribution in [-0.2, 0) is 14.8 Å². The fourth-order valence-corrected chi connectivity index (χ4v) is 7.05. The second-order valence-corrected chi connectivity index (χ2v) is 12.7. The lowest BCUT2D eigenvalue weighted by molar-refractivity contribution is -0.101. The summed E-state index contributed by atoms with van der Waals surface area (Å²) in [6.45, 7) is 4.56. The molecule has 0 bridgehead atoms. The Bertz CT molecular complexity index is 1500. The molecule has 3 heterocycles. The molecule has 6 rings (SSSR count). The smallest absolute Gasteiger partial charge is 0.252 e. The summed E-state index contributed by atoms with van der Waals surface area (Å²) in [6.07, 6.45) is 8.22. The van der Waals surface area contributed by atoms with E-state index in [0.717, 1.165) is 62.6 Å². The number of hydrogen-bond donors (Lipinski definition) is 3. The predicted molar refractivity (Wildman–Crippen MR) is 145 cm³/mol. The van der Waals surface area contributed by atoms with E-state index in [-0.39, 0.29) is 29.1 Å². The molecule has 0 radical (unpaired) electrons. The third kappa shape index (κ3) is 4.95. The molecule has 1 aliphatic heterocycles. The molecule has 0 atom stereocenters. The van der Waals surface area contributed by atoms with Gasteiger partial charge in [0.25, 0.3) is 5.56 Å². The third-order valence-corrected chi connectivity index (χ3v) is 9.64. The minimum atomic E-state index is -3.66. The number of nitrogens with zero attached hydrogens (tertiary/aromatic N) is 3. The zero-order chi connectivity index (χ0) is 26.3. The molecular weight excluding hydrogens is 504 g/mol. The van der Waals surface area contributed by atoms with Gasteiger partial charge in [-0.1, -0.05) is 12.8 Å². The molecule has 3 N–H and O–H groups in total. The van der Waals surface area contributed by atoms with Gasteiger partial charge in [-0.25, -0.2) is 18.1 Å². The van der Waals surface area contributed by atoms with E-state index < -0.39 is 10.0 Å². The Balaban J connectivity index is 1.11. The van der Waals surface area contributed by atoms with Crippen LogP contribution in [-0.4, -0.2) is 55.3 Å². The molecule has 2 aromatic heterocycles. The number of rotatable bonds is 9. The molecule has 0 amide bonds. The Morgan fingerprint density at radius 3 is 2.66 bits per heavy atom. The van der Waals surface area contributed by atoms with Crippen LogP contribution in [0.5, 0.6) is 0 Å². The number of nitrogens with one attached hydrogen (secondary N) is 3. The lowest BCUT2D eigenvalue weighted by Crippen LogP contribution is -2.62. The molecule has 38 heavy (non-hydrogen) atoms. The maximum atomic E-state index is 12.8. The van der Waals surface area contributed by atoms with Crippen molar-refractivity contribution in [2.75, 3.05) is 31.6 Å². The summed E-state index contributed by atoms with van der Waals surface area (Å²) in [5, 5.41) is 7.31. The Morgan fingerprint density at radius 2 is 1.95 bits per heavy atom. The maximum Gasteiger partial charge on any atom is 0.252 e. The van der Waals surface area contributed by atoms with Gasteiger partial charge in [-0.05, 0) is 62.4 Å². The minimum absolute atomic E-state index is 0.0510. The number of fused-ring (bicyclic) bond motifs is 1. The molecule has 1 aromatic carbocycles. The normalized spacial score (nSPS) is 19.5. The first-order chi connectivity index (χ1) is 18.3. The summed E-state index contributed by atoms with van der Waals surface area (Å²) in [7, 11) is -3.66. The maximum absolute atomic E-state index is 12.8. The molecule has 11 heteroatoms. The molecule has 3 fully saturated rings. The van der Waals surface area contributed by atoms with Crippen LogP contribution in [0.4, 0.5) is 11.6 Å². The van der Waals surface area contributed by atoms with Crippen LogP contribution in [0.2, 0.25) is 0 Å². The van der Waals surface area contributed by atoms with Gasteiger partial charge < -0.3 is 15.4 Å². The van der Waals surface area contributed by atoms with Gasteiger partial charge in [0.1, 0.15) is 5.65 Å². The van der Waals surface area contributed by atoms with Crippen molar-refractivity contribution < 1.29 is 13.2 Å². The van der Waals surface area contributed by atoms with Gasteiger partial charge in [-0.2, -0.15) is 4.98 Å². The molecule has 10 nitrogen and oxygen atoms in total. The predicted octanol–water partition coefficient (Wildman–Crippen LogP) is 3.01. The van der Waals surface area contributed by atoms with Crippen LogP contribution in [0.1, 0.15) is 50.1 Å². The molecule has 202 valence electrons. The van der Waals surface area contributed by atoms with Crippen LogP contribution >= 0.6 is 0 Å². The lowest BCUT2D eigenvalue weighted by Gasteiger charge is -2.54. The quantitative estimate of drug-likeness (QED) is 0.355. The standard InChI is InChI=1S/C27H34N6O4S/c1-18-12-22(38(35,36)30-10-11-37-21-13-27(14-21)16-28-17-27)7-8-23(18)31-26-29-15-19-6-9-24(34)33(25(19)32-26)20-4-2-3-5-20/h6-9,12,15,20-21,28,30H,2-5,10-11,13-14,16-17H2,1H3,(H,29,31,32). The average molecular weight is 539 g/mol. The van der Waals surface area contributed by atoms with Gasteiger partial charge in [0, 0.05) is 54.4 Å². The third-order valence-electron chi connectivity index (χ3n) is 8.18. The Hall–Kier alpha value is -2.86. The molecule has 3 aliphatic rings. The first kappa shape index (κ1) is 25.4. The molecule has 0 unspecified atom stereocenters. The van der Waals surface area contributed by atoms with Crippen LogP contribution in [0.25, 0.3) is 11.0 Å². The Morgan fingerprint density at radius 1 is 1.16 bits per heavy atom. The number of sulfonamides is 1. The summed E-state index contributed by atoms with van der Waals surface area (Å²) in [6, 6.07) is 8.39. The summed E-state index contributed by atoms with van der Waals surface area (Å²) in [5.41, 5.74) is 2.44. The Kier molecular flexibility index (Phi) is 6.71. The number of anilines is 2. The van der Waals surface area contributed by atoms with E-state index >= 15 is 0 Å². The summed E-state index contributed by atoms with van der Waals surface area (Å²) < 4.78 is 35.9. The van der Waals surface area contributed by atoms with Gasteiger partial charge in [0.2, 0.25) is 16.0 Å². The zero-order valence-electron chi connectivity index (χ0n) is 21.6. The minimum Gasteiger partial charge on any atom is -0.377 e. The number of hydrogen-bond acceptors (Lipinski definition) is 8. The van der Waals surface area contributed by atoms with E-state index in [0.29, 0.717) is 29.3 Å². The first-order valence-electron chi connectivity index (χ1n) is 13.4. The van der Waals surface area contributed by atoms with E-state index in [2.05, 4.69) is 25.3 Å². The molecule has 2 aliphatic carbocycles. The zero-order valence-corrected chi connectivity index (χ0v) is 22.4. The van der Waals surface area contributed by atoms with Gasteiger partial charge in [0.05, 0.1) is 17.6 Å². The highest BCUT2D eigenvalue weighted by molar-refractivity contribution is 7.89. The van der Waals surface area contributed by atoms with E-state index in [1.54, 1.807) is 41.1 Å². The number of aryl methyl sites for hydroxylation is 1. The van der Waals surface area contributed by atoms with Crippen LogP contribution in [0.15, 0.2) is 46.2 Å². The SMILES string of the molecule is Cc1cc(S(=O)(=O)NCCOC2CC3(CNC3)C2)ccc1Nc1ncc2ccc(=O)n(C3CCCC3)c2n1. The monoisotopic (exact) mass is 538 g/mol. The second kappa shape index (κ2) is 10.0. The van der Waals surface area contributed by atoms with Crippen molar-refractivity contribution in [2.24, 2.45) is 5.41 Å². The highest BCUT2D eigenvalue weighted by Gasteiger charge is 2.48. The number of benzene rings is 1. The number of pyridine rings is 1. The number of ether oxygens (including phenoxy) is 1. The average Bonchev–Trinajstić information content (AvgIpc) is 3.37. The van der Waals surface area contributed by atoms with Crippen molar-refractivity contribution in [2.45, 2.75) is 62.5 Å². The van der Waals surface area contributed by atoms with Crippen molar-refractivity contribution in [3.05, 3.63) is 52.4 Å². The van der Waals surface area contributed by atoms with Crippen molar-refractivity contribution >= 4 is 32.7 Å². The van der Waals surface area contributed by atoms with Crippen LogP contribution < -0.4 is 20.9 Å². The first-order valence-corrected chi connectivity index (χ1v) is 14.9. The Labute approximate surface area is 222 Å².